The number of imidazole rings is 2. The second kappa shape index (κ2) is 26.4. The second-order valence-corrected chi connectivity index (χ2v) is 22.2. The van der Waals surface area contributed by atoms with E-state index in [1.807, 2.05) is 42.5 Å². The SMILES string of the molecule is CCN(CC)CC.CCN(CC)CC.Cn1c(/C=C\c2ccc3ccccc3c2)[n+]([C@@H]2O[C@H](COP(=O)(O)OP(=O)(O)OP(=O)([O-])OC[C@H]3O[C@@H](n4cnc5c(=O)[nH]c(N)nc54)[C@H](O)[C@@H]3O)[C@@H](O)[C@H]2O)c2nc(N)[nH]c(=O)c21. The van der Waals surface area contributed by atoms with Crippen molar-refractivity contribution in [2.45, 2.75) is 90.6 Å². The summed E-state index contributed by atoms with van der Waals surface area (Å²) in [6, 6.07) is 13.3. The van der Waals surface area contributed by atoms with Crippen molar-refractivity contribution in [3.8, 4) is 0 Å². The maximum atomic E-state index is 13.1. The van der Waals surface area contributed by atoms with Gasteiger partial charge < -0.3 is 70.4 Å². The van der Waals surface area contributed by atoms with E-state index in [9.17, 15) is 58.4 Å². The number of nitrogens with one attached hydrogen (secondary N) is 2. The van der Waals surface area contributed by atoms with Crippen molar-refractivity contribution in [1.82, 2.24) is 43.9 Å². The minimum absolute atomic E-state index is 0.0248. The van der Waals surface area contributed by atoms with E-state index in [-0.39, 0.29) is 40.0 Å². The van der Waals surface area contributed by atoms with Crippen LogP contribution in [0.4, 0.5) is 11.9 Å². The lowest BCUT2D eigenvalue weighted by atomic mass is 10.1. The summed E-state index contributed by atoms with van der Waals surface area (Å²) in [5.41, 5.74) is 10.2. The Morgan fingerprint density at radius 3 is 1.92 bits per heavy atom. The van der Waals surface area contributed by atoms with Crippen molar-refractivity contribution in [3.05, 3.63) is 80.9 Å². The van der Waals surface area contributed by atoms with E-state index in [1.54, 1.807) is 12.2 Å². The largest absolute Gasteiger partial charge is 0.756 e. The molecule has 0 saturated carbocycles. The molecule has 0 radical (unpaired) electrons. The molecule has 11 atom stereocenters. The molecule has 0 aliphatic carbocycles. The number of anilines is 2. The highest BCUT2D eigenvalue weighted by Gasteiger charge is 2.50. The summed E-state index contributed by atoms with van der Waals surface area (Å²) in [4.78, 5) is 79.5. The molecule has 0 amide bonds. The maximum Gasteiger partial charge on any atom is 0.487 e. The lowest BCUT2D eigenvalue weighted by Gasteiger charge is -2.26. The van der Waals surface area contributed by atoms with Crippen LogP contribution in [0.25, 0.3) is 45.3 Å². The van der Waals surface area contributed by atoms with Crippen LogP contribution in [-0.2, 0) is 47.9 Å². The van der Waals surface area contributed by atoms with E-state index < -0.39 is 96.9 Å². The number of ether oxygens (including phenoxy) is 2. The first-order valence-electron chi connectivity index (χ1n) is 24.7. The van der Waals surface area contributed by atoms with Crippen molar-refractivity contribution in [2.24, 2.45) is 7.05 Å². The number of nitrogen functional groups attached to an aromatic ring is 2. The third-order valence-electron chi connectivity index (χ3n) is 12.8. The first kappa shape index (κ1) is 62.0. The number of hydrogen-bond donors (Lipinski definition) is 10. The number of phosphoric ester groups is 2. The summed E-state index contributed by atoms with van der Waals surface area (Å²) < 4.78 is 70.4. The molecule has 6 aromatic rings. The lowest BCUT2D eigenvalue weighted by Crippen LogP contribution is -2.48. The quantitative estimate of drug-likeness (QED) is 0.0374. The Morgan fingerprint density at radius 1 is 0.744 bits per heavy atom. The van der Waals surface area contributed by atoms with Gasteiger partial charge in [-0.2, -0.15) is 13.9 Å². The van der Waals surface area contributed by atoms with Crippen molar-refractivity contribution in [2.75, 3.05) is 63.9 Å². The second-order valence-electron chi connectivity index (χ2n) is 17.6. The Labute approximate surface area is 446 Å². The van der Waals surface area contributed by atoms with Gasteiger partial charge in [0.2, 0.25) is 23.5 Å². The highest BCUT2D eigenvalue weighted by molar-refractivity contribution is 7.66. The minimum Gasteiger partial charge on any atom is -0.756 e. The zero-order valence-corrected chi connectivity index (χ0v) is 46.4. The molecule has 33 heteroatoms. The molecule has 12 N–H and O–H groups in total. The molecular weight excluding hydrogens is 1090 g/mol. The number of aliphatic hydroxyl groups is 4. The van der Waals surface area contributed by atoms with E-state index >= 15 is 0 Å². The van der Waals surface area contributed by atoms with Gasteiger partial charge in [0.1, 0.15) is 36.6 Å². The molecule has 430 valence electrons. The molecule has 2 fully saturated rings. The summed E-state index contributed by atoms with van der Waals surface area (Å²) in [7, 11) is -16.4. The third-order valence-corrected chi connectivity index (χ3v) is 17.0. The molecular formula is C45H67N12O18P3. The molecule has 2 aliphatic heterocycles. The van der Waals surface area contributed by atoms with Gasteiger partial charge in [-0.3, -0.25) is 37.8 Å². The summed E-state index contributed by atoms with van der Waals surface area (Å²) in [5, 5.41) is 45.2. The van der Waals surface area contributed by atoms with Gasteiger partial charge in [-0.15, -0.1) is 0 Å². The number of aryl methyl sites for hydroxylation is 1. The normalized spacial score (nSPS) is 23.8. The number of benzene rings is 2. The number of phosphoric acid groups is 3. The van der Waals surface area contributed by atoms with Crippen molar-refractivity contribution in [1.29, 1.82) is 0 Å². The Bertz CT molecular complexity index is 3290. The predicted molar refractivity (Wildman–Crippen MR) is 281 cm³/mol. The van der Waals surface area contributed by atoms with Crippen LogP contribution in [0.15, 0.2) is 58.4 Å². The fraction of sp³-hybridized carbons (Fsp3) is 0.511. The third kappa shape index (κ3) is 14.8. The van der Waals surface area contributed by atoms with Gasteiger partial charge in [0.15, 0.2) is 17.4 Å². The highest BCUT2D eigenvalue weighted by atomic mass is 31.3. The monoisotopic (exact) mass is 1160 g/mol. The number of aliphatic hydroxyl groups excluding tert-OH is 4. The smallest absolute Gasteiger partial charge is 0.487 e. The van der Waals surface area contributed by atoms with E-state index in [0.29, 0.717) is 0 Å². The van der Waals surface area contributed by atoms with Gasteiger partial charge in [0, 0.05) is 6.08 Å². The van der Waals surface area contributed by atoms with E-state index in [1.165, 1.54) is 55.5 Å². The molecule has 4 aromatic heterocycles. The molecule has 2 saturated heterocycles. The summed E-state index contributed by atoms with van der Waals surface area (Å²) >= 11 is 0. The van der Waals surface area contributed by atoms with E-state index in [2.05, 4.69) is 89.4 Å². The average Bonchev–Trinajstić information content (AvgIpc) is 4.23. The first-order valence-corrected chi connectivity index (χ1v) is 29.1. The van der Waals surface area contributed by atoms with Crippen LogP contribution in [0.5, 0.6) is 0 Å². The maximum absolute atomic E-state index is 13.1. The fourth-order valence-electron chi connectivity index (χ4n) is 8.55. The highest BCUT2D eigenvalue weighted by Crippen LogP contribution is 2.66. The standard InChI is InChI=1S/C33H37N10O18P3.2C6H15N/c1-41-19(9-7-14-6-8-15-4-2-3-5-16(15)10-14)43(27-21(41)29(49)40-33(35)38-27)31-25(47)23(45)18(59-31)12-57-63(52,53)61-64(54,55)60-62(50,51)56-11-17-22(44)24(46)30(58-17)42-13-36-20-26(42)37-32(34)39-28(20)48;2*1-4-7(5-2)6-3/h2-10,13,17-18,22-25,30-31,44-47H,11-12H2,1H3,(H8-,34,35,37,38,39,40,48,49,50,51,52,53,54,55);2*4-6H2,1-3H3/b9-7-;;/t17-,18-,22-,23-,24-,25-,30-,31-;;/m1../s1. The number of aromatic amines is 2. The van der Waals surface area contributed by atoms with Crippen LogP contribution in [0.1, 0.15) is 65.4 Å². The zero-order chi connectivity index (χ0) is 57.4. The predicted octanol–water partition coefficient (Wildman–Crippen LogP) is 0.841. The zero-order valence-electron chi connectivity index (χ0n) is 43.7. The molecule has 30 nitrogen and oxygen atoms in total. The Hall–Kier alpha value is -5.17. The molecule has 6 heterocycles. The number of nitrogens with two attached hydrogens (primary N) is 2. The molecule has 3 unspecified atom stereocenters. The van der Waals surface area contributed by atoms with Crippen molar-refractivity contribution >= 4 is 80.6 Å². The number of nitrogens with zero attached hydrogens (tertiary/aromatic N) is 8. The topological polar surface area (TPSA) is 428 Å². The summed E-state index contributed by atoms with van der Waals surface area (Å²) in [6.07, 6.45) is -9.58. The Balaban J connectivity index is 0.000000621. The first-order chi connectivity index (χ1) is 36.8. The molecule has 8 rings (SSSR count). The number of H-pyrrole nitrogens is 2. The summed E-state index contributed by atoms with van der Waals surface area (Å²) in [6.45, 7) is 17.9. The average molecular weight is 1160 g/mol. The number of aromatic nitrogens is 8. The van der Waals surface area contributed by atoms with Gasteiger partial charge in [-0.25, -0.2) is 18.4 Å². The van der Waals surface area contributed by atoms with Crippen molar-refractivity contribution in [3.63, 3.8) is 0 Å². The molecule has 0 bridgehead atoms. The number of rotatable bonds is 20. The van der Waals surface area contributed by atoms with Gasteiger partial charge in [-0.1, -0.05) is 82.9 Å². The molecule has 2 aliphatic rings. The van der Waals surface area contributed by atoms with Crippen LogP contribution in [0.3, 0.4) is 0 Å². The molecule has 2 aromatic carbocycles. The van der Waals surface area contributed by atoms with Crippen LogP contribution < -0.4 is 32.0 Å². The van der Waals surface area contributed by atoms with Gasteiger partial charge in [0.05, 0.1) is 26.6 Å². The minimum atomic E-state index is -6.13. The summed E-state index contributed by atoms with van der Waals surface area (Å²) in [5.74, 6) is -0.435. The van der Waals surface area contributed by atoms with E-state index in [4.69, 9.17) is 25.5 Å². The number of hydrogen-bond acceptors (Lipinski definition) is 23. The van der Waals surface area contributed by atoms with Gasteiger partial charge >= 0.3 is 21.3 Å². The fourth-order valence-corrected chi connectivity index (χ4v) is 12.0. The van der Waals surface area contributed by atoms with Crippen LogP contribution >= 0.6 is 23.5 Å². The van der Waals surface area contributed by atoms with Crippen LogP contribution in [-0.4, -0.2) is 163 Å². The van der Waals surface area contributed by atoms with E-state index in [0.717, 1.165) is 27.2 Å². The lowest BCUT2D eigenvalue weighted by molar-refractivity contribution is -0.747. The van der Waals surface area contributed by atoms with Gasteiger partial charge in [-0.05, 0) is 67.7 Å². The molecule has 0 spiro atoms. The Kier molecular flexibility index (Phi) is 21.0. The van der Waals surface area contributed by atoms with Crippen LogP contribution in [0.2, 0.25) is 0 Å². The Morgan fingerprint density at radius 2 is 1.31 bits per heavy atom. The van der Waals surface area contributed by atoms with Crippen molar-refractivity contribution < 1.29 is 80.5 Å². The van der Waals surface area contributed by atoms with Crippen LogP contribution in [0, 0.1) is 0 Å². The number of fused-ring (bicyclic) bond motifs is 3. The molecule has 78 heavy (non-hydrogen) atoms. The van der Waals surface area contributed by atoms with Gasteiger partial charge in [0.25, 0.3) is 24.9 Å².